The average Bonchev–Trinajstić information content (AvgIpc) is 3.26. The molecule has 32 heavy (non-hydrogen) atoms. The maximum Gasteiger partial charge on any atom is 0.294 e. The number of carbonyl (C=O) groups is 2. The Hall–Kier alpha value is -2.68. The number of benzene rings is 2. The number of ether oxygens (including phenoxy) is 3. The number of halogens is 1. The van der Waals surface area contributed by atoms with Crippen molar-refractivity contribution in [2.24, 2.45) is 0 Å². The number of carbonyl (C=O) groups excluding carboxylic acids is 2. The van der Waals surface area contributed by atoms with Crippen molar-refractivity contribution in [2.75, 3.05) is 37.7 Å². The van der Waals surface area contributed by atoms with Gasteiger partial charge in [-0.25, -0.2) is 0 Å². The Morgan fingerprint density at radius 3 is 2.47 bits per heavy atom. The summed E-state index contributed by atoms with van der Waals surface area (Å²) >= 11 is 3.50. The van der Waals surface area contributed by atoms with Crippen LogP contribution in [0.4, 0.5) is 5.69 Å². The largest absolute Gasteiger partial charge is 0.449 e. The molecule has 0 bridgehead atoms. The minimum atomic E-state index is -0.545. The van der Waals surface area contributed by atoms with E-state index in [0.29, 0.717) is 50.6 Å². The summed E-state index contributed by atoms with van der Waals surface area (Å²) in [5.41, 5.74) is 1.41. The van der Waals surface area contributed by atoms with Gasteiger partial charge in [0, 0.05) is 30.4 Å². The number of piperidine rings is 1. The van der Waals surface area contributed by atoms with Gasteiger partial charge in [-0.05, 0) is 29.8 Å². The molecule has 7 nitrogen and oxygen atoms in total. The number of fused-ring (bicyclic) bond motifs is 1. The van der Waals surface area contributed by atoms with Gasteiger partial charge in [-0.3, -0.25) is 14.5 Å². The smallest absolute Gasteiger partial charge is 0.294 e. The number of para-hydroxylation sites is 2. The number of rotatable bonds is 3. The van der Waals surface area contributed by atoms with Crippen molar-refractivity contribution < 1.29 is 23.8 Å². The van der Waals surface area contributed by atoms with Gasteiger partial charge in [0.1, 0.15) is 6.54 Å². The molecule has 3 aliphatic rings. The first-order valence-corrected chi connectivity index (χ1v) is 11.4. The van der Waals surface area contributed by atoms with Gasteiger partial charge in [0.2, 0.25) is 5.91 Å². The van der Waals surface area contributed by atoms with Crippen LogP contribution in [0.2, 0.25) is 0 Å². The summed E-state index contributed by atoms with van der Waals surface area (Å²) in [6.07, 6.45) is 2.97. The molecule has 2 saturated heterocycles. The maximum absolute atomic E-state index is 13.3. The Balaban J connectivity index is 1.37. The first-order valence-electron chi connectivity index (χ1n) is 10.7. The van der Waals surface area contributed by atoms with Crippen molar-refractivity contribution >= 4 is 39.5 Å². The Bertz CT molecular complexity index is 1070. The average molecular weight is 499 g/mol. The van der Waals surface area contributed by atoms with E-state index in [-0.39, 0.29) is 24.1 Å². The third-order valence-corrected chi connectivity index (χ3v) is 6.73. The van der Waals surface area contributed by atoms with Gasteiger partial charge in [-0.1, -0.05) is 46.3 Å². The zero-order valence-electron chi connectivity index (χ0n) is 17.5. The molecule has 1 spiro atoms. The highest BCUT2D eigenvalue weighted by Crippen LogP contribution is 2.36. The second kappa shape index (κ2) is 8.69. The Morgan fingerprint density at radius 1 is 1.03 bits per heavy atom. The van der Waals surface area contributed by atoms with Crippen LogP contribution in [0.25, 0.3) is 6.08 Å². The van der Waals surface area contributed by atoms with E-state index in [0.717, 1.165) is 10.0 Å². The van der Waals surface area contributed by atoms with Gasteiger partial charge in [0.25, 0.3) is 5.91 Å². The van der Waals surface area contributed by atoms with E-state index >= 15 is 0 Å². The van der Waals surface area contributed by atoms with Crippen LogP contribution in [0.1, 0.15) is 18.4 Å². The molecule has 5 rings (SSSR count). The summed E-state index contributed by atoms with van der Waals surface area (Å²) in [5, 5.41) is 0. The normalized spacial score (nSPS) is 21.0. The van der Waals surface area contributed by atoms with E-state index in [9.17, 15) is 9.59 Å². The molecule has 2 amide bonds. The Morgan fingerprint density at radius 2 is 1.72 bits per heavy atom. The van der Waals surface area contributed by atoms with Crippen LogP contribution in [0.3, 0.4) is 0 Å². The SMILES string of the molecule is O=C(CN1C(=O)C(=Cc2ccccc2Br)Oc2ccccc21)N1CCC2(CC1)OCCO2. The van der Waals surface area contributed by atoms with Crippen LogP contribution in [0.15, 0.2) is 58.8 Å². The summed E-state index contributed by atoms with van der Waals surface area (Å²) in [7, 11) is 0. The highest BCUT2D eigenvalue weighted by atomic mass is 79.9. The molecule has 0 unspecified atom stereocenters. The van der Waals surface area contributed by atoms with E-state index in [2.05, 4.69) is 15.9 Å². The summed E-state index contributed by atoms with van der Waals surface area (Å²) in [6.45, 7) is 2.22. The molecule has 0 aliphatic carbocycles. The molecule has 8 heteroatoms. The monoisotopic (exact) mass is 498 g/mol. The second-order valence-electron chi connectivity index (χ2n) is 7.98. The number of amides is 2. The van der Waals surface area contributed by atoms with Crippen LogP contribution in [0, 0.1) is 0 Å². The van der Waals surface area contributed by atoms with E-state index < -0.39 is 5.79 Å². The molecule has 3 heterocycles. The first-order chi connectivity index (χ1) is 15.5. The lowest BCUT2D eigenvalue weighted by Crippen LogP contribution is -2.51. The fraction of sp³-hybridized carbons (Fsp3) is 0.333. The van der Waals surface area contributed by atoms with Crippen molar-refractivity contribution in [3.05, 3.63) is 64.3 Å². The third kappa shape index (κ3) is 4.05. The second-order valence-corrected chi connectivity index (χ2v) is 8.83. The van der Waals surface area contributed by atoms with E-state index in [4.69, 9.17) is 14.2 Å². The van der Waals surface area contributed by atoms with E-state index in [1.165, 1.54) is 4.90 Å². The molecule has 2 fully saturated rings. The van der Waals surface area contributed by atoms with Gasteiger partial charge < -0.3 is 19.1 Å². The third-order valence-electron chi connectivity index (χ3n) is 6.01. The van der Waals surface area contributed by atoms with Crippen molar-refractivity contribution in [1.82, 2.24) is 4.90 Å². The Labute approximate surface area is 194 Å². The molecular weight excluding hydrogens is 476 g/mol. The van der Waals surface area contributed by atoms with Crippen molar-refractivity contribution in [3.8, 4) is 5.75 Å². The number of likely N-dealkylation sites (tertiary alicyclic amines) is 1. The van der Waals surface area contributed by atoms with Gasteiger partial charge in [0.05, 0.1) is 18.9 Å². The molecular formula is C24H23BrN2O5. The lowest BCUT2D eigenvalue weighted by Gasteiger charge is -2.38. The van der Waals surface area contributed by atoms with Gasteiger partial charge in [-0.15, -0.1) is 0 Å². The number of nitrogens with zero attached hydrogens (tertiary/aromatic N) is 2. The summed E-state index contributed by atoms with van der Waals surface area (Å²) in [5.74, 6) is -0.277. The molecule has 166 valence electrons. The zero-order chi connectivity index (χ0) is 22.1. The minimum Gasteiger partial charge on any atom is -0.449 e. The first kappa shape index (κ1) is 21.2. The summed E-state index contributed by atoms with van der Waals surface area (Å²) < 4.78 is 18.3. The standard InChI is InChI=1S/C24H23BrN2O5/c25-18-6-2-1-5-17(18)15-21-23(29)27(19-7-3-4-8-20(19)32-21)16-22(28)26-11-9-24(10-12-26)30-13-14-31-24/h1-8,15H,9-14,16H2. The van der Waals surface area contributed by atoms with Gasteiger partial charge in [-0.2, -0.15) is 0 Å². The van der Waals surface area contributed by atoms with Gasteiger partial charge >= 0.3 is 0 Å². The Kier molecular flexibility index (Phi) is 5.75. The van der Waals surface area contributed by atoms with E-state index in [1.54, 1.807) is 23.1 Å². The lowest BCUT2D eigenvalue weighted by atomic mass is 10.0. The molecule has 0 N–H and O–H groups in total. The van der Waals surface area contributed by atoms with Crippen molar-refractivity contribution in [3.63, 3.8) is 0 Å². The molecule has 0 saturated carbocycles. The lowest BCUT2D eigenvalue weighted by molar-refractivity contribution is -0.187. The maximum atomic E-state index is 13.3. The van der Waals surface area contributed by atoms with Gasteiger partial charge in [0.15, 0.2) is 17.3 Å². The van der Waals surface area contributed by atoms with Crippen LogP contribution in [-0.2, 0) is 19.1 Å². The number of hydrogen-bond donors (Lipinski definition) is 0. The van der Waals surface area contributed by atoms with Crippen LogP contribution < -0.4 is 9.64 Å². The fourth-order valence-corrected chi connectivity index (χ4v) is 4.67. The highest BCUT2D eigenvalue weighted by molar-refractivity contribution is 9.10. The van der Waals surface area contributed by atoms with Crippen LogP contribution in [0.5, 0.6) is 5.75 Å². The number of anilines is 1. The summed E-state index contributed by atoms with van der Waals surface area (Å²) in [6, 6.07) is 14.8. The predicted molar refractivity (Wildman–Crippen MR) is 122 cm³/mol. The van der Waals surface area contributed by atoms with Crippen LogP contribution >= 0.6 is 15.9 Å². The molecule has 0 aromatic heterocycles. The summed E-state index contributed by atoms with van der Waals surface area (Å²) in [4.78, 5) is 29.7. The molecule has 3 aliphatic heterocycles. The van der Waals surface area contributed by atoms with Crippen molar-refractivity contribution in [1.29, 1.82) is 0 Å². The molecule has 2 aromatic carbocycles. The molecule has 0 atom stereocenters. The fourth-order valence-electron chi connectivity index (χ4n) is 4.27. The number of hydrogen-bond acceptors (Lipinski definition) is 5. The topological polar surface area (TPSA) is 68.3 Å². The van der Waals surface area contributed by atoms with E-state index in [1.807, 2.05) is 36.4 Å². The van der Waals surface area contributed by atoms with Crippen LogP contribution in [-0.4, -0.2) is 55.3 Å². The predicted octanol–water partition coefficient (Wildman–Crippen LogP) is 3.58. The van der Waals surface area contributed by atoms with Crippen molar-refractivity contribution in [2.45, 2.75) is 18.6 Å². The molecule has 2 aromatic rings. The zero-order valence-corrected chi connectivity index (χ0v) is 19.0. The molecule has 0 radical (unpaired) electrons. The highest BCUT2D eigenvalue weighted by Gasteiger charge is 2.41. The minimum absolute atomic E-state index is 0.0543. The quantitative estimate of drug-likeness (QED) is 0.605.